The monoisotopic (exact) mass is 400 g/mol. The molecule has 0 aliphatic rings. The number of methoxy groups -OCH3 is 2. The van der Waals surface area contributed by atoms with E-state index in [0.717, 1.165) is 6.07 Å². The Morgan fingerprint density at radius 1 is 1.19 bits per heavy atom. The Kier molecular flexibility index (Phi) is 7.06. The van der Waals surface area contributed by atoms with Gasteiger partial charge in [-0.15, -0.1) is 0 Å². The highest BCUT2D eigenvalue weighted by molar-refractivity contribution is 6.33. The molecule has 0 unspecified atom stereocenters. The van der Waals surface area contributed by atoms with Gasteiger partial charge in [0.1, 0.15) is 5.82 Å². The van der Waals surface area contributed by atoms with Gasteiger partial charge in [0.05, 0.1) is 36.2 Å². The summed E-state index contributed by atoms with van der Waals surface area (Å²) in [5.41, 5.74) is 0.868. The second kappa shape index (κ2) is 9.26. The Morgan fingerprint density at radius 2 is 1.96 bits per heavy atom. The average Bonchev–Trinajstić information content (AvgIpc) is 2.60. The molecule has 0 aromatic heterocycles. The molecule has 0 aliphatic carbocycles. The van der Waals surface area contributed by atoms with Crippen molar-refractivity contribution in [2.45, 2.75) is 0 Å². The van der Waals surface area contributed by atoms with Crippen molar-refractivity contribution < 1.29 is 23.5 Å². The number of halogens is 3. The summed E-state index contributed by atoms with van der Waals surface area (Å²) in [6.45, 7) is -0.356. The summed E-state index contributed by atoms with van der Waals surface area (Å²) in [6.07, 6.45) is 1.37. The van der Waals surface area contributed by atoms with E-state index >= 15 is 0 Å². The maximum atomic E-state index is 13.0. The van der Waals surface area contributed by atoms with E-state index < -0.39 is 11.7 Å². The van der Waals surface area contributed by atoms with E-state index in [0.29, 0.717) is 22.1 Å². The molecule has 0 atom stereocenters. The Morgan fingerprint density at radius 3 is 2.62 bits per heavy atom. The number of anilines is 1. The van der Waals surface area contributed by atoms with Crippen LogP contribution >= 0.6 is 23.2 Å². The van der Waals surface area contributed by atoms with Crippen LogP contribution in [0.1, 0.15) is 5.56 Å². The molecule has 2 aromatic rings. The fourth-order valence-electron chi connectivity index (χ4n) is 1.98. The molecule has 26 heavy (non-hydrogen) atoms. The summed E-state index contributed by atoms with van der Waals surface area (Å²) < 4.78 is 23.3. The van der Waals surface area contributed by atoms with E-state index in [1.807, 2.05) is 0 Å². The highest BCUT2D eigenvalue weighted by atomic mass is 35.5. The molecule has 0 aliphatic heterocycles. The second-order valence-corrected chi connectivity index (χ2v) is 5.73. The third-order valence-corrected chi connectivity index (χ3v) is 3.73. The van der Waals surface area contributed by atoms with Gasteiger partial charge in [0.2, 0.25) is 0 Å². The number of carbonyl (C=O) groups excluding carboxylic acids is 1. The molecule has 0 saturated heterocycles. The quantitative estimate of drug-likeness (QED) is 0.560. The van der Waals surface area contributed by atoms with Gasteiger partial charge in [0, 0.05) is 5.56 Å². The van der Waals surface area contributed by atoms with Gasteiger partial charge in [-0.05, 0) is 30.3 Å². The van der Waals surface area contributed by atoms with Crippen molar-refractivity contribution in [3.63, 3.8) is 0 Å². The number of nitrogens with zero attached hydrogens (tertiary/aromatic N) is 1. The minimum absolute atomic E-state index is 0.0850. The van der Waals surface area contributed by atoms with Gasteiger partial charge >= 0.3 is 0 Å². The summed E-state index contributed by atoms with van der Waals surface area (Å²) in [7, 11) is 2.96. The first-order valence-corrected chi connectivity index (χ1v) is 8.02. The maximum Gasteiger partial charge on any atom is 0.265 e. The van der Waals surface area contributed by atoms with Gasteiger partial charge in [-0.25, -0.2) is 4.39 Å². The molecule has 2 aromatic carbocycles. The Labute approximate surface area is 159 Å². The lowest BCUT2D eigenvalue weighted by atomic mass is 10.2. The molecule has 0 saturated carbocycles. The number of benzene rings is 2. The maximum absolute atomic E-state index is 13.0. The summed E-state index contributed by atoms with van der Waals surface area (Å²) in [5.74, 6) is -0.156. The zero-order chi connectivity index (χ0) is 19.1. The number of nitrogens with one attached hydrogen (secondary N) is 1. The molecule has 1 amide bonds. The number of hydrogen-bond acceptors (Lipinski definition) is 5. The standard InChI is InChI=1S/C17H15Cl2FN2O4/c1-24-15-6-10(5-13(19)17(15)25-2)8-21-26-9-16(23)22-14-4-3-11(20)7-12(14)18/h3-8H,9H2,1-2H3,(H,22,23)/b21-8-. The normalized spacial score (nSPS) is 10.7. The van der Waals surface area contributed by atoms with Crippen molar-refractivity contribution >= 4 is 41.0 Å². The number of oxime groups is 1. The van der Waals surface area contributed by atoms with E-state index in [2.05, 4.69) is 10.5 Å². The van der Waals surface area contributed by atoms with Crippen LogP contribution in [0.15, 0.2) is 35.5 Å². The lowest BCUT2D eigenvalue weighted by Crippen LogP contribution is -2.17. The van der Waals surface area contributed by atoms with Crippen LogP contribution in [0.4, 0.5) is 10.1 Å². The number of hydrogen-bond donors (Lipinski definition) is 1. The molecule has 0 radical (unpaired) electrons. The van der Waals surface area contributed by atoms with Crippen molar-refractivity contribution in [2.24, 2.45) is 5.16 Å². The molecular weight excluding hydrogens is 386 g/mol. The van der Waals surface area contributed by atoms with Crippen LogP contribution in [0.3, 0.4) is 0 Å². The zero-order valence-electron chi connectivity index (χ0n) is 13.9. The van der Waals surface area contributed by atoms with Gasteiger partial charge in [-0.3, -0.25) is 4.79 Å². The first kappa shape index (κ1) is 19.8. The third kappa shape index (κ3) is 5.24. The third-order valence-electron chi connectivity index (χ3n) is 3.13. The number of carbonyl (C=O) groups is 1. The van der Waals surface area contributed by atoms with E-state index in [9.17, 15) is 9.18 Å². The lowest BCUT2D eigenvalue weighted by Gasteiger charge is -2.09. The molecule has 0 spiro atoms. The van der Waals surface area contributed by atoms with Crippen LogP contribution < -0.4 is 14.8 Å². The van der Waals surface area contributed by atoms with Crippen molar-refractivity contribution in [2.75, 3.05) is 26.1 Å². The molecule has 0 bridgehead atoms. The van der Waals surface area contributed by atoms with E-state index in [-0.39, 0.29) is 17.3 Å². The molecule has 0 fully saturated rings. The lowest BCUT2D eigenvalue weighted by molar-refractivity contribution is -0.120. The van der Waals surface area contributed by atoms with Crippen LogP contribution in [-0.2, 0) is 9.63 Å². The zero-order valence-corrected chi connectivity index (χ0v) is 15.4. The van der Waals surface area contributed by atoms with Crippen molar-refractivity contribution in [1.29, 1.82) is 0 Å². The minimum atomic E-state index is -0.499. The van der Waals surface area contributed by atoms with Gasteiger partial charge in [0.25, 0.3) is 5.91 Å². The SMILES string of the molecule is COc1cc(/C=N\OCC(=O)Nc2ccc(F)cc2Cl)cc(Cl)c1OC. The largest absolute Gasteiger partial charge is 0.493 e. The topological polar surface area (TPSA) is 69.2 Å². The number of rotatable bonds is 7. The van der Waals surface area contributed by atoms with Crippen LogP contribution in [0.2, 0.25) is 10.0 Å². The second-order valence-electron chi connectivity index (χ2n) is 4.92. The molecule has 2 rings (SSSR count). The van der Waals surface area contributed by atoms with E-state index in [1.165, 1.54) is 32.6 Å². The predicted molar refractivity (Wildman–Crippen MR) is 98.1 cm³/mol. The van der Waals surface area contributed by atoms with Gasteiger partial charge < -0.3 is 19.6 Å². The van der Waals surface area contributed by atoms with Crippen LogP contribution in [0.25, 0.3) is 0 Å². The minimum Gasteiger partial charge on any atom is -0.493 e. The molecule has 138 valence electrons. The fraction of sp³-hybridized carbons (Fsp3) is 0.176. The molecule has 9 heteroatoms. The van der Waals surface area contributed by atoms with Crippen LogP contribution in [0.5, 0.6) is 11.5 Å². The van der Waals surface area contributed by atoms with Gasteiger partial charge in [-0.1, -0.05) is 28.4 Å². The highest BCUT2D eigenvalue weighted by Gasteiger charge is 2.10. The van der Waals surface area contributed by atoms with Crippen molar-refractivity contribution in [3.05, 3.63) is 51.8 Å². The molecular formula is C17H15Cl2FN2O4. The first-order valence-electron chi connectivity index (χ1n) is 7.26. The molecule has 6 nitrogen and oxygen atoms in total. The summed E-state index contributed by atoms with van der Waals surface area (Å²) in [5, 5.41) is 6.61. The van der Waals surface area contributed by atoms with Gasteiger partial charge in [0.15, 0.2) is 18.1 Å². The van der Waals surface area contributed by atoms with Crippen LogP contribution in [-0.4, -0.2) is 32.9 Å². The predicted octanol–water partition coefficient (Wildman–Crippen LogP) is 4.14. The van der Waals surface area contributed by atoms with Gasteiger partial charge in [-0.2, -0.15) is 0 Å². The molecule has 0 heterocycles. The summed E-state index contributed by atoms with van der Waals surface area (Å²) in [6, 6.07) is 6.88. The van der Waals surface area contributed by atoms with Crippen LogP contribution in [0, 0.1) is 5.82 Å². The van der Waals surface area contributed by atoms with E-state index in [4.69, 9.17) is 37.5 Å². The number of ether oxygens (including phenoxy) is 2. The van der Waals surface area contributed by atoms with Crippen molar-refractivity contribution in [1.82, 2.24) is 0 Å². The Bertz CT molecular complexity index is 831. The Balaban J connectivity index is 1.92. The summed E-state index contributed by atoms with van der Waals surface area (Å²) in [4.78, 5) is 16.7. The Hall–Kier alpha value is -2.51. The first-order chi connectivity index (χ1) is 12.4. The molecule has 1 N–H and O–H groups in total. The fourth-order valence-corrected chi connectivity index (χ4v) is 2.49. The highest BCUT2D eigenvalue weighted by Crippen LogP contribution is 2.35. The van der Waals surface area contributed by atoms with Crippen molar-refractivity contribution in [3.8, 4) is 11.5 Å². The smallest absolute Gasteiger partial charge is 0.265 e. The van der Waals surface area contributed by atoms with E-state index in [1.54, 1.807) is 12.1 Å². The number of amides is 1. The average molecular weight is 401 g/mol. The summed E-state index contributed by atoms with van der Waals surface area (Å²) >= 11 is 11.9.